The van der Waals surface area contributed by atoms with Crippen molar-refractivity contribution in [2.75, 3.05) is 0 Å². The Hall–Kier alpha value is -3.15. The van der Waals surface area contributed by atoms with Crippen LogP contribution in [0.4, 0.5) is 0 Å². The Bertz CT molecular complexity index is 949. The minimum absolute atomic E-state index is 0.159. The normalized spacial score (nSPS) is 11.9. The third kappa shape index (κ3) is 4.34. The van der Waals surface area contributed by atoms with Crippen molar-refractivity contribution in [2.45, 2.75) is 40.3 Å². The molecule has 0 saturated heterocycles. The molecule has 27 heavy (non-hydrogen) atoms. The molecule has 0 aliphatic carbocycles. The van der Waals surface area contributed by atoms with E-state index < -0.39 is 6.10 Å². The monoisotopic (exact) mass is 364 g/mol. The fourth-order valence-electron chi connectivity index (χ4n) is 2.75. The molecule has 0 fully saturated rings. The number of pyridine rings is 1. The first-order valence-electron chi connectivity index (χ1n) is 8.91. The van der Waals surface area contributed by atoms with Crippen molar-refractivity contribution >= 4 is 5.91 Å². The van der Waals surface area contributed by atoms with Crippen LogP contribution in [0.2, 0.25) is 0 Å². The molecule has 6 heteroatoms. The quantitative estimate of drug-likeness (QED) is 0.729. The van der Waals surface area contributed by atoms with Crippen LogP contribution in [0, 0.1) is 20.8 Å². The van der Waals surface area contributed by atoms with Gasteiger partial charge in [0, 0.05) is 25.1 Å². The molecule has 3 rings (SSSR count). The Labute approximate surface area is 159 Å². The topological polar surface area (TPSA) is 69.0 Å². The van der Waals surface area contributed by atoms with Crippen LogP contribution >= 0.6 is 0 Å². The van der Waals surface area contributed by atoms with Gasteiger partial charge in [0.05, 0.1) is 0 Å². The number of aromatic nitrogens is 3. The number of nitrogens with zero attached hydrogens (tertiary/aromatic N) is 3. The summed E-state index contributed by atoms with van der Waals surface area (Å²) in [6.07, 6.45) is 4.74. The van der Waals surface area contributed by atoms with Gasteiger partial charge in [0.15, 0.2) is 6.10 Å². The van der Waals surface area contributed by atoms with Crippen molar-refractivity contribution in [1.82, 2.24) is 19.9 Å². The second-order valence-electron chi connectivity index (χ2n) is 6.54. The Balaban J connectivity index is 1.62. The SMILES string of the molecule is Cc1cccc(OC(C)C(=O)NCc2ccnc(-n3ccnc3C)c2)c1C. The number of carbonyl (C=O) groups excluding carboxylic acids is 1. The second-order valence-corrected chi connectivity index (χ2v) is 6.54. The van der Waals surface area contributed by atoms with Crippen LogP contribution < -0.4 is 10.1 Å². The van der Waals surface area contributed by atoms with E-state index in [-0.39, 0.29) is 5.91 Å². The highest BCUT2D eigenvalue weighted by atomic mass is 16.5. The number of ether oxygens (including phenoxy) is 1. The van der Waals surface area contributed by atoms with Crippen molar-refractivity contribution in [2.24, 2.45) is 0 Å². The Morgan fingerprint density at radius 3 is 2.74 bits per heavy atom. The molecule has 1 aromatic carbocycles. The van der Waals surface area contributed by atoms with Crippen molar-refractivity contribution in [3.05, 3.63) is 71.4 Å². The van der Waals surface area contributed by atoms with Crippen LogP contribution in [0.3, 0.4) is 0 Å². The lowest BCUT2D eigenvalue weighted by atomic mass is 10.1. The lowest BCUT2D eigenvalue weighted by Crippen LogP contribution is -2.36. The molecule has 0 aliphatic rings. The maximum Gasteiger partial charge on any atom is 0.261 e. The molecule has 0 saturated carbocycles. The predicted molar refractivity (Wildman–Crippen MR) is 104 cm³/mol. The van der Waals surface area contributed by atoms with Gasteiger partial charge in [-0.2, -0.15) is 0 Å². The number of imidazole rings is 1. The van der Waals surface area contributed by atoms with E-state index in [9.17, 15) is 4.79 Å². The van der Waals surface area contributed by atoms with E-state index in [0.717, 1.165) is 34.1 Å². The van der Waals surface area contributed by atoms with Gasteiger partial charge in [-0.05, 0) is 62.6 Å². The molecule has 2 aromatic heterocycles. The maximum absolute atomic E-state index is 12.4. The fraction of sp³-hybridized carbons (Fsp3) is 0.286. The van der Waals surface area contributed by atoms with Crippen LogP contribution in [0.1, 0.15) is 29.4 Å². The number of aryl methyl sites for hydroxylation is 2. The van der Waals surface area contributed by atoms with E-state index in [1.165, 1.54) is 0 Å². The molecule has 1 amide bonds. The standard InChI is InChI=1S/C21H24N4O2/c1-14-6-5-7-19(15(14)2)27-16(3)21(26)24-13-18-8-9-23-20(12-18)25-11-10-22-17(25)4/h5-12,16H,13H2,1-4H3,(H,24,26). The van der Waals surface area contributed by atoms with Gasteiger partial charge < -0.3 is 10.1 Å². The summed E-state index contributed by atoms with van der Waals surface area (Å²) < 4.78 is 7.74. The maximum atomic E-state index is 12.4. The average molecular weight is 364 g/mol. The summed E-state index contributed by atoms with van der Waals surface area (Å²) in [7, 11) is 0. The van der Waals surface area contributed by atoms with Gasteiger partial charge >= 0.3 is 0 Å². The highest BCUT2D eigenvalue weighted by Crippen LogP contribution is 2.21. The summed E-state index contributed by atoms with van der Waals surface area (Å²) in [4.78, 5) is 21.0. The van der Waals surface area contributed by atoms with Gasteiger partial charge in [0.1, 0.15) is 17.4 Å². The summed E-state index contributed by atoms with van der Waals surface area (Å²) in [5.74, 6) is 2.21. The lowest BCUT2D eigenvalue weighted by molar-refractivity contribution is -0.127. The highest BCUT2D eigenvalue weighted by molar-refractivity contribution is 5.80. The van der Waals surface area contributed by atoms with Crippen molar-refractivity contribution in [3.63, 3.8) is 0 Å². The molecule has 1 N–H and O–H groups in total. The van der Waals surface area contributed by atoms with Crippen LogP contribution in [0.25, 0.3) is 5.82 Å². The molecular weight excluding hydrogens is 340 g/mol. The first-order valence-corrected chi connectivity index (χ1v) is 8.91. The lowest BCUT2D eigenvalue weighted by Gasteiger charge is -2.17. The van der Waals surface area contributed by atoms with E-state index in [1.807, 2.05) is 61.9 Å². The Kier molecular flexibility index (Phi) is 5.54. The highest BCUT2D eigenvalue weighted by Gasteiger charge is 2.16. The molecule has 0 radical (unpaired) electrons. The van der Waals surface area contributed by atoms with E-state index in [0.29, 0.717) is 6.54 Å². The number of carbonyl (C=O) groups is 1. The summed E-state index contributed by atoms with van der Waals surface area (Å²) in [5.41, 5.74) is 3.14. The van der Waals surface area contributed by atoms with Crippen molar-refractivity contribution in [1.29, 1.82) is 0 Å². The molecule has 0 aliphatic heterocycles. The van der Waals surface area contributed by atoms with Crippen LogP contribution in [0.15, 0.2) is 48.9 Å². The number of hydrogen-bond donors (Lipinski definition) is 1. The zero-order valence-corrected chi connectivity index (χ0v) is 16.1. The molecule has 0 bridgehead atoms. The summed E-state index contributed by atoms with van der Waals surface area (Å²) in [6, 6.07) is 9.65. The van der Waals surface area contributed by atoms with Crippen molar-refractivity contribution < 1.29 is 9.53 Å². The fourth-order valence-corrected chi connectivity index (χ4v) is 2.75. The second kappa shape index (κ2) is 8.03. The first kappa shape index (κ1) is 18.6. The van der Waals surface area contributed by atoms with Gasteiger partial charge in [-0.25, -0.2) is 9.97 Å². The molecule has 2 heterocycles. The van der Waals surface area contributed by atoms with E-state index in [2.05, 4.69) is 15.3 Å². The smallest absolute Gasteiger partial charge is 0.261 e. The molecule has 0 spiro atoms. The number of nitrogens with one attached hydrogen (secondary N) is 1. The van der Waals surface area contributed by atoms with Gasteiger partial charge in [0.2, 0.25) is 0 Å². The molecule has 3 aromatic rings. The molecule has 1 unspecified atom stereocenters. The van der Waals surface area contributed by atoms with Crippen molar-refractivity contribution in [3.8, 4) is 11.6 Å². The van der Waals surface area contributed by atoms with Gasteiger partial charge in [0.25, 0.3) is 5.91 Å². The molecular formula is C21H24N4O2. The Morgan fingerprint density at radius 1 is 1.19 bits per heavy atom. The zero-order valence-electron chi connectivity index (χ0n) is 16.1. The van der Waals surface area contributed by atoms with Gasteiger partial charge in [-0.15, -0.1) is 0 Å². The van der Waals surface area contributed by atoms with Gasteiger partial charge in [-0.1, -0.05) is 12.1 Å². The average Bonchev–Trinajstić information content (AvgIpc) is 3.09. The minimum Gasteiger partial charge on any atom is -0.481 e. The number of benzene rings is 1. The van der Waals surface area contributed by atoms with E-state index >= 15 is 0 Å². The minimum atomic E-state index is -0.581. The Morgan fingerprint density at radius 2 is 2.00 bits per heavy atom. The summed E-state index contributed by atoms with van der Waals surface area (Å²) >= 11 is 0. The zero-order chi connectivity index (χ0) is 19.4. The third-order valence-electron chi connectivity index (χ3n) is 4.58. The molecule has 140 valence electrons. The van der Waals surface area contributed by atoms with E-state index in [4.69, 9.17) is 4.74 Å². The van der Waals surface area contributed by atoms with Crippen LogP contribution in [0.5, 0.6) is 5.75 Å². The molecule has 1 atom stereocenters. The number of rotatable bonds is 6. The predicted octanol–water partition coefficient (Wildman–Crippen LogP) is 3.28. The van der Waals surface area contributed by atoms with Crippen LogP contribution in [-0.4, -0.2) is 26.5 Å². The summed E-state index contributed by atoms with van der Waals surface area (Å²) in [6.45, 7) is 8.09. The number of hydrogen-bond acceptors (Lipinski definition) is 4. The number of amides is 1. The summed E-state index contributed by atoms with van der Waals surface area (Å²) in [5, 5.41) is 2.92. The van der Waals surface area contributed by atoms with Crippen LogP contribution in [-0.2, 0) is 11.3 Å². The molecule has 6 nitrogen and oxygen atoms in total. The largest absolute Gasteiger partial charge is 0.481 e. The third-order valence-corrected chi connectivity index (χ3v) is 4.58. The van der Waals surface area contributed by atoms with E-state index in [1.54, 1.807) is 19.3 Å². The van der Waals surface area contributed by atoms with Gasteiger partial charge in [-0.3, -0.25) is 9.36 Å². The first-order chi connectivity index (χ1) is 13.0.